The standard InChI is InChI=1S/C6H6O.2ClH.Hg/c7-6-4-2-1-3-5-6;;;/h1-5,7H;2*1H;/q;;;+2/p-2. The first-order valence-electron chi connectivity index (χ1n) is 2.13. The largest absolute Gasteiger partial charge is 2.00 e. The Hall–Kier alpha value is 0.535. The number of phenolic OH excluding ortho intramolecular Hbond substituents is 1. The second-order valence-corrected chi connectivity index (χ2v) is 1.34. The maximum absolute atomic E-state index is 8.63. The van der Waals surface area contributed by atoms with E-state index in [1.54, 1.807) is 24.3 Å². The van der Waals surface area contributed by atoms with Crippen LogP contribution in [0.1, 0.15) is 0 Å². The first-order chi connectivity index (χ1) is 3.39. The van der Waals surface area contributed by atoms with Gasteiger partial charge in [0.25, 0.3) is 0 Å². The smallest absolute Gasteiger partial charge is 1.00 e. The summed E-state index contributed by atoms with van der Waals surface area (Å²) in [5.74, 6) is 0.322. The summed E-state index contributed by atoms with van der Waals surface area (Å²) in [7, 11) is 0. The minimum Gasteiger partial charge on any atom is -1.00 e. The maximum Gasteiger partial charge on any atom is 2.00 e. The van der Waals surface area contributed by atoms with E-state index in [4.69, 9.17) is 5.11 Å². The van der Waals surface area contributed by atoms with Crippen LogP contribution in [0.3, 0.4) is 0 Å². The van der Waals surface area contributed by atoms with Gasteiger partial charge in [-0.25, -0.2) is 0 Å². The normalized spacial score (nSPS) is 6.00. The van der Waals surface area contributed by atoms with Gasteiger partial charge in [0, 0.05) is 0 Å². The van der Waals surface area contributed by atoms with Gasteiger partial charge in [0.2, 0.25) is 0 Å². The van der Waals surface area contributed by atoms with Crippen molar-refractivity contribution >= 4 is 0 Å². The molecule has 0 amide bonds. The molecule has 0 unspecified atom stereocenters. The van der Waals surface area contributed by atoms with E-state index < -0.39 is 0 Å². The van der Waals surface area contributed by atoms with E-state index >= 15 is 0 Å². The minimum absolute atomic E-state index is 0. The number of halogens is 2. The van der Waals surface area contributed by atoms with Crippen molar-refractivity contribution in [2.75, 3.05) is 0 Å². The molecular formula is C6H6Cl2HgO. The van der Waals surface area contributed by atoms with Crippen molar-refractivity contribution in [2.24, 2.45) is 0 Å². The summed E-state index contributed by atoms with van der Waals surface area (Å²) in [4.78, 5) is 0. The van der Waals surface area contributed by atoms with Crippen LogP contribution in [-0.4, -0.2) is 5.11 Å². The zero-order valence-corrected chi connectivity index (χ0v) is 12.3. The Morgan fingerprint density at radius 2 is 1.30 bits per heavy atom. The van der Waals surface area contributed by atoms with Crippen LogP contribution < -0.4 is 24.8 Å². The molecule has 0 atom stereocenters. The Balaban J connectivity index is -0.000000163. The van der Waals surface area contributed by atoms with Crippen molar-refractivity contribution in [3.63, 3.8) is 0 Å². The van der Waals surface area contributed by atoms with Crippen molar-refractivity contribution in [1.82, 2.24) is 0 Å². The SMILES string of the molecule is Oc1ccccc1.[Cl-].[Cl-].[Hg+2]. The van der Waals surface area contributed by atoms with Crippen LogP contribution in [0.4, 0.5) is 0 Å². The molecule has 1 aromatic rings. The van der Waals surface area contributed by atoms with E-state index in [2.05, 4.69) is 0 Å². The van der Waals surface area contributed by atoms with Gasteiger partial charge in [0.1, 0.15) is 5.75 Å². The van der Waals surface area contributed by atoms with Crippen molar-refractivity contribution in [2.45, 2.75) is 0 Å². The molecule has 1 rings (SSSR count). The molecule has 0 aromatic heterocycles. The van der Waals surface area contributed by atoms with Crippen LogP contribution in [0.15, 0.2) is 30.3 Å². The molecule has 0 saturated carbocycles. The quantitative estimate of drug-likeness (QED) is 0.459. The molecule has 4 heteroatoms. The van der Waals surface area contributed by atoms with Gasteiger partial charge in [-0.15, -0.1) is 0 Å². The zero-order chi connectivity index (χ0) is 5.11. The first-order valence-corrected chi connectivity index (χ1v) is 2.13. The molecule has 0 saturated heterocycles. The summed E-state index contributed by atoms with van der Waals surface area (Å²) in [5.41, 5.74) is 0. The van der Waals surface area contributed by atoms with E-state index in [0.717, 1.165) is 0 Å². The molecule has 0 aliphatic carbocycles. The number of phenols is 1. The molecule has 0 spiro atoms. The topological polar surface area (TPSA) is 20.2 Å². The number of hydrogen-bond donors (Lipinski definition) is 1. The molecule has 0 aliphatic rings. The van der Waals surface area contributed by atoms with Gasteiger partial charge in [-0.05, 0) is 12.1 Å². The summed E-state index contributed by atoms with van der Waals surface area (Å²) in [6, 6.07) is 8.71. The third-order valence-corrected chi connectivity index (χ3v) is 0.756. The first kappa shape index (κ1) is 16.9. The van der Waals surface area contributed by atoms with Crippen LogP contribution in [-0.2, 0) is 27.7 Å². The van der Waals surface area contributed by atoms with E-state index in [1.165, 1.54) is 0 Å². The second kappa shape index (κ2) is 9.54. The van der Waals surface area contributed by atoms with Gasteiger partial charge >= 0.3 is 27.7 Å². The Morgan fingerprint density at radius 3 is 1.50 bits per heavy atom. The zero-order valence-electron chi connectivity index (χ0n) is 5.30. The fourth-order valence-electron chi connectivity index (χ4n) is 0.428. The molecule has 1 nitrogen and oxygen atoms in total. The average Bonchev–Trinajstić information content (AvgIpc) is 1.69. The minimum atomic E-state index is 0. The summed E-state index contributed by atoms with van der Waals surface area (Å²) in [6.45, 7) is 0. The molecule has 0 heterocycles. The third-order valence-electron chi connectivity index (χ3n) is 0.756. The molecule has 10 heavy (non-hydrogen) atoms. The summed E-state index contributed by atoms with van der Waals surface area (Å²) < 4.78 is 0. The molecular weight excluding hydrogens is 360 g/mol. The number of aromatic hydroxyl groups is 1. The fourth-order valence-corrected chi connectivity index (χ4v) is 0.428. The van der Waals surface area contributed by atoms with Crippen molar-refractivity contribution in [3.8, 4) is 5.75 Å². The predicted molar refractivity (Wildman–Crippen MR) is 28.1 cm³/mol. The van der Waals surface area contributed by atoms with Gasteiger partial charge in [-0.3, -0.25) is 0 Å². The van der Waals surface area contributed by atoms with E-state index in [1.807, 2.05) is 6.07 Å². The van der Waals surface area contributed by atoms with Gasteiger partial charge in [-0.1, -0.05) is 18.2 Å². The van der Waals surface area contributed by atoms with Gasteiger partial charge in [-0.2, -0.15) is 0 Å². The molecule has 0 aliphatic heterocycles. The second-order valence-electron chi connectivity index (χ2n) is 1.34. The molecule has 0 fully saturated rings. The Labute approximate surface area is 93.2 Å². The number of rotatable bonds is 0. The maximum atomic E-state index is 8.63. The predicted octanol–water partition coefficient (Wildman–Crippen LogP) is -4.60. The molecule has 52 valence electrons. The fraction of sp³-hybridized carbons (Fsp3) is 0. The number of para-hydroxylation sites is 1. The van der Waals surface area contributed by atoms with Crippen molar-refractivity contribution in [3.05, 3.63) is 30.3 Å². The molecule has 1 aromatic carbocycles. The van der Waals surface area contributed by atoms with E-state index in [0.29, 0.717) is 5.75 Å². The summed E-state index contributed by atoms with van der Waals surface area (Å²) in [5, 5.41) is 8.63. The third kappa shape index (κ3) is 6.65. The van der Waals surface area contributed by atoms with Gasteiger partial charge in [0.05, 0.1) is 0 Å². The van der Waals surface area contributed by atoms with Crippen LogP contribution in [0.5, 0.6) is 5.75 Å². The van der Waals surface area contributed by atoms with Crippen LogP contribution in [0.2, 0.25) is 0 Å². The molecule has 0 radical (unpaired) electrons. The molecule has 1 N–H and O–H groups in total. The van der Waals surface area contributed by atoms with Crippen molar-refractivity contribution in [1.29, 1.82) is 0 Å². The van der Waals surface area contributed by atoms with E-state index in [-0.39, 0.29) is 52.5 Å². The Morgan fingerprint density at radius 1 is 0.900 bits per heavy atom. The Kier molecular flexibility index (Phi) is 16.1. The monoisotopic (exact) mass is 366 g/mol. The van der Waals surface area contributed by atoms with Crippen LogP contribution >= 0.6 is 0 Å². The van der Waals surface area contributed by atoms with E-state index in [9.17, 15) is 0 Å². The number of benzene rings is 1. The Bertz CT molecular complexity index is 146. The van der Waals surface area contributed by atoms with Crippen LogP contribution in [0, 0.1) is 0 Å². The van der Waals surface area contributed by atoms with Crippen molar-refractivity contribution < 1.29 is 57.6 Å². The molecule has 0 bridgehead atoms. The summed E-state index contributed by atoms with van der Waals surface area (Å²) >= 11 is 0. The van der Waals surface area contributed by atoms with Gasteiger partial charge < -0.3 is 29.9 Å². The van der Waals surface area contributed by atoms with Crippen LogP contribution in [0.25, 0.3) is 0 Å². The summed E-state index contributed by atoms with van der Waals surface area (Å²) in [6.07, 6.45) is 0. The number of hydrogen-bond acceptors (Lipinski definition) is 1. The van der Waals surface area contributed by atoms with Gasteiger partial charge in [0.15, 0.2) is 0 Å². The average molecular weight is 366 g/mol.